The Morgan fingerprint density at radius 1 is 1.09 bits per heavy atom. The molecular formula is C18H13BrN2O2. The molecule has 3 rings (SSSR count). The maximum atomic E-state index is 9.25. The van der Waals surface area contributed by atoms with E-state index in [4.69, 9.17) is 9.26 Å². The van der Waals surface area contributed by atoms with Gasteiger partial charge in [-0.25, -0.2) is 0 Å². The van der Waals surface area contributed by atoms with Crippen molar-refractivity contribution in [3.05, 3.63) is 71.4 Å². The molecule has 5 heteroatoms. The van der Waals surface area contributed by atoms with E-state index in [1.165, 1.54) is 0 Å². The summed E-state index contributed by atoms with van der Waals surface area (Å²) >= 11 is 3.30. The van der Waals surface area contributed by atoms with Gasteiger partial charge in [-0.3, -0.25) is 0 Å². The third-order valence-corrected chi connectivity index (χ3v) is 3.90. The van der Waals surface area contributed by atoms with Gasteiger partial charge in [0.15, 0.2) is 5.76 Å². The predicted octanol–water partition coefficient (Wildman–Crippen LogP) is 4.69. The summed E-state index contributed by atoms with van der Waals surface area (Å²) in [7, 11) is 0. The molecule has 0 atom stereocenters. The van der Waals surface area contributed by atoms with Gasteiger partial charge in [0.25, 0.3) is 0 Å². The van der Waals surface area contributed by atoms with Gasteiger partial charge in [0.05, 0.1) is 5.33 Å². The lowest BCUT2D eigenvalue weighted by atomic mass is 10.1. The minimum absolute atomic E-state index is 0.458. The first-order valence-corrected chi connectivity index (χ1v) is 8.15. The highest BCUT2D eigenvalue weighted by molar-refractivity contribution is 9.08. The van der Waals surface area contributed by atoms with Crippen LogP contribution in [0.2, 0.25) is 0 Å². The number of alkyl halides is 1. The molecular weight excluding hydrogens is 356 g/mol. The standard InChI is InChI=1S/C18H13BrN2O2/c19-10-17-16(11-20)18(23-21-17)14-6-8-15(9-7-14)22-12-13-4-2-1-3-5-13/h1-9H,10,12H2. The van der Waals surface area contributed by atoms with Gasteiger partial charge in [-0.2, -0.15) is 5.26 Å². The molecule has 23 heavy (non-hydrogen) atoms. The summed E-state index contributed by atoms with van der Waals surface area (Å²) in [6, 6.07) is 19.5. The van der Waals surface area contributed by atoms with Crippen LogP contribution in [0.1, 0.15) is 16.8 Å². The van der Waals surface area contributed by atoms with Gasteiger partial charge in [0.1, 0.15) is 29.7 Å². The average Bonchev–Trinajstić information content (AvgIpc) is 3.04. The van der Waals surface area contributed by atoms with Crippen molar-refractivity contribution < 1.29 is 9.26 Å². The average molecular weight is 369 g/mol. The van der Waals surface area contributed by atoms with E-state index in [9.17, 15) is 5.26 Å². The van der Waals surface area contributed by atoms with Crippen molar-refractivity contribution in [3.8, 4) is 23.1 Å². The largest absolute Gasteiger partial charge is 0.489 e. The van der Waals surface area contributed by atoms with Crippen LogP contribution in [0, 0.1) is 11.3 Å². The van der Waals surface area contributed by atoms with Crippen LogP contribution in [0.5, 0.6) is 5.75 Å². The van der Waals surface area contributed by atoms with E-state index in [1.807, 2.05) is 54.6 Å². The highest BCUT2D eigenvalue weighted by Gasteiger charge is 2.16. The first-order valence-electron chi connectivity index (χ1n) is 7.03. The zero-order valence-corrected chi connectivity index (χ0v) is 13.8. The maximum absolute atomic E-state index is 9.25. The number of nitriles is 1. The first-order chi connectivity index (χ1) is 11.3. The van der Waals surface area contributed by atoms with Crippen LogP contribution in [0.25, 0.3) is 11.3 Å². The Hall–Kier alpha value is -2.58. The first kappa shape index (κ1) is 15.3. The number of hydrogen-bond acceptors (Lipinski definition) is 4. The zero-order chi connectivity index (χ0) is 16.1. The van der Waals surface area contributed by atoms with Crippen molar-refractivity contribution in [3.63, 3.8) is 0 Å². The second-order valence-corrected chi connectivity index (χ2v) is 5.44. The number of benzene rings is 2. The third kappa shape index (κ3) is 3.43. The molecule has 4 nitrogen and oxygen atoms in total. The molecule has 0 bridgehead atoms. The molecule has 0 N–H and O–H groups in total. The number of halogens is 1. The minimum Gasteiger partial charge on any atom is -0.489 e. The lowest BCUT2D eigenvalue weighted by molar-refractivity contribution is 0.306. The highest BCUT2D eigenvalue weighted by Crippen LogP contribution is 2.28. The number of aromatic nitrogens is 1. The van der Waals surface area contributed by atoms with Crippen LogP contribution in [0.15, 0.2) is 59.1 Å². The Morgan fingerprint density at radius 3 is 2.48 bits per heavy atom. The van der Waals surface area contributed by atoms with E-state index in [1.54, 1.807) is 0 Å². The molecule has 0 spiro atoms. The second kappa shape index (κ2) is 7.12. The topological polar surface area (TPSA) is 59.0 Å². The molecule has 0 aliphatic carbocycles. The monoisotopic (exact) mass is 368 g/mol. The van der Waals surface area contributed by atoms with E-state index >= 15 is 0 Å². The SMILES string of the molecule is N#Cc1c(CBr)noc1-c1ccc(OCc2ccccc2)cc1. The smallest absolute Gasteiger partial charge is 0.184 e. The molecule has 1 heterocycles. The van der Waals surface area contributed by atoms with Gasteiger partial charge in [-0.1, -0.05) is 51.4 Å². The fraction of sp³-hybridized carbons (Fsp3) is 0.111. The van der Waals surface area contributed by atoms with Gasteiger partial charge >= 0.3 is 0 Å². The summed E-state index contributed by atoms with van der Waals surface area (Å²) in [5.41, 5.74) is 2.97. The Kier molecular flexibility index (Phi) is 4.74. The fourth-order valence-corrected chi connectivity index (χ4v) is 2.55. The summed E-state index contributed by atoms with van der Waals surface area (Å²) < 4.78 is 11.0. The summed E-state index contributed by atoms with van der Waals surface area (Å²) in [6.45, 7) is 0.514. The van der Waals surface area contributed by atoms with E-state index in [0.717, 1.165) is 16.9 Å². The van der Waals surface area contributed by atoms with Crippen molar-refractivity contribution in [2.75, 3.05) is 0 Å². The summed E-state index contributed by atoms with van der Waals surface area (Å²) in [6.07, 6.45) is 0. The molecule has 0 fully saturated rings. The van der Waals surface area contributed by atoms with Gasteiger partial charge in [-0.15, -0.1) is 0 Å². The number of nitrogens with zero attached hydrogens (tertiary/aromatic N) is 2. The Balaban J connectivity index is 1.75. The van der Waals surface area contributed by atoms with E-state index < -0.39 is 0 Å². The zero-order valence-electron chi connectivity index (χ0n) is 12.2. The molecule has 0 amide bonds. The minimum atomic E-state index is 0.458. The van der Waals surface area contributed by atoms with Crippen LogP contribution >= 0.6 is 15.9 Å². The summed E-state index contributed by atoms with van der Waals surface area (Å²) in [5, 5.41) is 13.6. The Labute approximate surface area is 142 Å². The molecule has 0 saturated heterocycles. The van der Waals surface area contributed by atoms with Gasteiger partial charge in [0.2, 0.25) is 0 Å². The molecule has 0 aliphatic heterocycles. The number of rotatable bonds is 5. The number of hydrogen-bond donors (Lipinski definition) is 0. The fourth-order valence-electron chi connectivity index (χ4n) is 2.17. The molecule has 0 saturated carbocycles. The van der Waals surface area contributed by atoms with Crippen LogP contribution in [0.3, 0.4) is 0 Å². The van der Waals surface area contributed by atoms with E-state index in [0.29, 0.717) is 29.0 Å². The lowest BCUT2D eigenvalue weighted by Gasteiger charge is -2.06. The lowest BCUT2D eigenvalue weighted by Crippen LogP contribution is -1.94. The van der Waals surface area contributed by atoms with Crippen molar-refractivity contribution in [1.82, 2.24) is 5.16 Å². The Morgan fingerprint density at radius 2 is 1.83 bits per heavy atom. The van der Waals surface area contributed by atoms with Gasteiger partial charge < -0.3 is 9.26 Å². The Bertz CT molecular complexity index is 820. The van der Waals surface area contributed by atoms with Crippen molar-refractivity contribution in [2.24, 2.45) is 0 Å². The second-order valence-electron chi connectivity index (χ2n) is 4.88. The van der Waals surface area contributed by atoms with Crippen LogP contribution < -0.4 is 4.74 Å². The maximum Gasteiger partial charge on any atom is 0.184 e. The van der Waals surface area contributed by atoms with E-state index in [-0.39, 0.29) is 0 Å². The van der Waals surface area contributed by atoms with Gasteiger partial charge in [-0.05, 0) is 29.8 Å². The molecule has 2 aromatic carbocycles. The molecule has 1 aromatic heterocycles. The van der Waals surface area contributed by atoms with Crippen LogP contribution in [-0.2, 0) is 11.9 Å². The predicted molar refractivity (Wildman–Crippen MR) is 90.1 cm³/mol. The molecule has 0 unspecified atom stereocenters. The van der Waals surface area contributed by atoms with Crippen LogP contribution in [0.4, 0.5) is 0 Å². The van der Waals surface area contributed by atoms with Crippen LogP contribution in [-0.4, -0.2) is 5.16 Å². The number of ether oxygens (including phenoxy) is 1. The molecule has 0 aliphatic rings. The molecule has 0 radical (unpaired) electrons. The van der Waals surface area contributed by atoms with E-state index in [2.05, 4.69) is 27.2 Å². The van der Waals surface area contributed by atoms with Crippen molar-refractivity contribution in [2.45, 2.75) is 11.9 Å². The van der Waals surface area contributed by atoms with Gasteiger partial charge in [0, 0.05) is 5.56 Å². The summed E-state index contributed by atoms with van der Waals surface area (Å²) in [5.74, 6) is 1.24. The molecule has 114 valence electrons. The molecule has 3 aromatic rings. The van der Waals surface area contributed by atoms with Crippen molar-refractivity contribution in [1.29, 1.82) is 5.26 Å². The third-order valence-electron chi connectivity index (χ3n) is 3.37. The quantitative estimate of drug-likeness (QED) is 0.613. The summed E-state index contributed by atoms with van der Waals surface area (Å²) in [4.78, 5) is 0. The highest BCUT2D eigenvalue weighted by atomic mass is 79.9. The van der Waals surface area contributed by atoms with Crippen molar-refractivity contribution >= 4 is 15.9 Å². The normalized spacial score (nSPS) is 10.3.